The zero-order valence-corrected chi connectivity index (χ0v) is 12.8. The monoisotopic (exact) mass is 270 g/mol. The number of likely N-dealkylation sites (tertiary alicyclic amines) is 1. The van der Waals surface area contributed by atoms with Crippen LogP contribution in [0.3, 0.4) is 0 Å². The third kappa shape index (κ3) is 7.53. The van der Waals surface area contributed by atoms with Crippen molar-refractivity contribution < 1.29 is 9.53 Å². The van der Waals surface area contributed by atoms with Crippen molar-refractivity contribution in [1.82, 2.24) is 10.2 Å². The zero-order chi connectivity index (χ0) is 14.1. The van der Waals surface area contributed by atoms with E-state index in [0.29, 0.717) is 19.2 Å². The van der Waals surface area contributed by atoms with Crippen LogP contribution in [0.25, 0.3) is 0 Å². The summed E-state index contributed by atoms with van der Waals surface area (Å²) in [5, 5.41) is 3.49. The average Bonchev–Trinajstić information content (AvgIpc) is 2.38. The molecule has 0 bridgehead atoms. The van der Waals surface area contributed by atoms with Crippen molar-refractivity contribution in [2.45, 2.75) is 52.5 Å². The van der Waals surface area contributed by atoms with Gasteiger partial charge in [-0.2, -0.15) is 0 Å². The molecule has 0 aromatic carbocycles. The molecule has 112 valence electrons. The van der Waals surface area contributed by atoms with E-state index in [1.807, 2.05) is 0 Å². The summed E-state index contributed by atoms with van der Waals surface area (Å²) in [5.74, 6) is 0.696. The van der Waals surface area contributed by atoms with Crippen molar-refractivity contribution in [2.75, 3.05) is 32.8 Å². The van der Waals surface area contributed by atoms with Crippen LogP contribution in [0.5, 0.6) is 0 Å². The van der Waals surface area contributed by atoms with Gasteiger partial charge in [0.1, 0.15) is 0 Å². The quantitative estimate of drug-likeness (QED) is 0.541. The molecule has 0 aliphatic carbocycles. The summed E-state index contributed by atoms with van der Waals surface area (Å²) < 4.78 is 5.20. The number of nitrogens with zero attached hydrogens (tertiary/aromatic N) is 1. The second-order valence-corrected chi connectivity index (χ2v) is 5.86. The number of hydrogen-bond donors (Lipinski definition) is 1. The van der Waals surface area contributed by atoms with Gasteiger partial charge in [-0.1, -0.05) is 27.2 Å². The average molecular weight is 270 g/mol. The fourth-order valence-electron chi connectivity index (χ4n) is 2.31. The van der Waals surface area contributed by atoms with Crippen LogP contribution in [0.15, 0.2) is 0 Å². The summed E-state index contributed by atoms with van der Waals surface area (Å²) in [5.41, 5.74) is 0. The van der Waals surface area contributed by atoms with Crippen LogP contribution in [-0.2, 0) is 9.53 Å². The first-order chi connectivity index (χ1) is 9.11. The van der Waals surface area contributed by atoms with E-state index in [1.165, 1.54) is 12.8 Å². The molecule has 0 amide bonds. The molecule has 1 fully saturated rings. The molecule has 4 nitrogen and oxygen atoms in total. The lowest BCUT2D eigenvalue weighted by Crippen LogP contribution is -2.41. The van der Waals surface area contributed by atoms with Gasteiger partial charge in [0.05, 0.1) is 13.2 Å². The minimum Gasteiger partial charge on any atom is -0.465 e. The topological polar surface area (TPSA) is 41.6 Å². The summed E-state index contributed by atoms with van der Waals surface area (Å²) in [4.78, 5) is 13.8. The maximum absolute atomic E-state index is 11.6. The Morgan fingerprint density at radius 3 is 2.63 bits per heavy atom. The van der Waals surface area contributed by atoms with E-state index in [0.717, 1.165) is 38.4 Å². The number of ether oxygens (including phenoxy) is 1. The molecular formula is C15H30N2O2. The van der Waals surface area contributed by atoms with Gasteiger partial charge >= 0.3 is 5.97 Å². The number of esters is 1. The first kappa shape index (κ1) is 16.4. The van der Waals surface area contributed by atoms with Gasteiger partial charge in [0, 0.05) is 6.04 Å². The van der Waals surface area contributed by atoms with E-state index in [4.69, 9.17) is 4.74 Å². The highest BCUT2D eigenvalue weighted by molar-refractivity contribution is 5.71. The molecule has 1 saturated heterocycles. The van der Waals surface area contributed by atoms with Crippen molar-refractivity contribution in [3.63, 3.8) is 0 Å². The maximum Gasteiger partial charge on any atom is 0.320 e. The lowest BCUT2D eigenvalue weighted by atomic mass is 9.96. The van der Waals surface area contributed by atoms with E-state index < -0.39 is 0 Å². The molecule has 0 spiro atoms. The van der Waals surface area contributed by atoms with Gasteiger partial charge in [-0.05, 0) is 44.8 Å². The van der Waals surface area contributed by atoms with Gasteiger partial charge in [0.15, 0.2) is 0 Å². The predicted octanol–water partition coefficient (Wildman–Crippen LogP) is 2.04. The van der Waals surface area contributed by atoms with Crippen LogP contribution in [0.4, 0.5) is 0 Å². The molecule has 19 heavy (non-hydrogen) atoms. The standard InChI is InChI=1S/C15H30N2O2/c1-4-5-10-19-15(18)12-17-8-6-14(7-9-17)11-16-13(2)3/h13-14,16H,4-12H2,1-3H3. The second kappa shape index (κ2) is 9.32. The van der Waals surface area contributed by atoms with Crippen molar-refractivity contribution in [3.05, 3.63) is 0 Å². The largest absolute Gasteiger partial charge is 0.465 e. The van der Waals surface area contributed by atoms with Crippen LogP contribution in [0.1, 0.15) is 46.5 Å². The van der Waals surface area contributed by atoms with Crippen molar-refractivity contribution >= 4 is 5.97 Å². The predicted molar refractivity (Wildman–Crippen MR) is 78.2 cm³/mol. The number of unbranched alkanes of at least 4 members (excludes halogenated alkanes) is 1. The van der Waals surface area contributed by atoms with Crippen molar-refractivity contribution in [1.29, 1.82) is 0 Å². The van der Waals surface area contributed by atoms with Crippen LogP contribution in [-0.4, -0.2) is 49.7 Å². The zero-order valence-electron chi connectivity index (χ0n) is 12.8. The minimum atomic E-state index is -0.0628. The Hall–Kier alpha value is -0.610. The lowest BCUT2D eigenvalue weighted by molar-refractivity contribution is -0.145. The van der Waals surface area contributed by atoms with Gasteiger partial charge < -0.3 is 10.1 Å². The fraction of sp³-hybridized carbons (Fsp3) is 0.933. The van der Waals surface area contributed by atoms with E-state index in [9.17, 15) is 4.79 Å². The summed E-state index contributed by atoms with van der Waals surface area (Å²) in [6.45, 7) is 10.7. The molecule has 0 unspecified atom stereocenters. The molecule has 4 heteroatoms. The third-order valence-corrected chi connectivity index (χ3v) is 3.64. The molecule has 1 N–H and O–H groups in total. The van der Waals surface area contributed by atoms with Crippen molar-refractivity contribution in [2.24, 2.45) is 5.92 Å². The highest BCUT2D eigenvalue weighted by Crippen LogP contribution is 2.16. The Morgan fingerprint density at radius 1 is 1.37 bits per heavy atom. The molecule has 1 aliphatic rings. The fourth-order valence-corrected chi connectivity index (χ4v) is 2.31. The summed E-state index contributed by atoms with van der Waals surface area (Å²) in [7, 11) is 0. The van der Waals surface area contributed by atoms with Crippen molar-refractivity contribution in [3.8, 4) is 0 Å². The Balaban J connectivity index is 2.10. The Morgan fingerprint density at radius 2 is 2.05 bits per heavy atom. The molecule has 1 aliphatic heterocycles. The second-order valence-electron chi connectivity index (χ2n) is 5.86. The maximum atomic E-state index is 11.6. The number of rotatable bonds is 8. The molecule has 0 atom stereocenters. The van der Waals surface area contributed by atoms with Gasteiger partial charge in [0.2, 0.25) is 0 Å². The normalized spacial score (nSPS) is 17.9. The highest BCUT2D eigenvalue weighted by atomic mass is 16.5. The third-order valence-electron chi connectivity index (χ3n) is 3.64. The van der Waals surface area contributed by atoms with Crippen LogP contribution < -0.4 is 5.32 Å². The molecule has 0 radical (unpaired) electrons. The number of carbonyl (C=O) groups is 1. The molecule has 1 heterocycles. The summed E-state index contributed by atoms with van der Waals surface area (Å²) in [6.07, 6.45) is 4.40. The van der Waals surface area contributed by atoms with E-state index in [1.54, 1.807) is 0 Å². The van der Waals surface area contributed by atoms with Gasteiger partial charge in [-0.15, -0.1) is 0 Å². The van der Waals surface area contributed by atoms with E-state index >= 15 is 0 Å². The number of piperidine rings is 1. The number of hydrogen-bond acceptors (Lipinski definition) is 4. The summed E-state index contributed by atoms with van der Waals surface area (Å²) in [6, 6.07) is 0.562. The van der Waals surface area contributed by atoms with Gasteiger partial charge in [0.25, 0.3) is 0 Å². The lowest BCUT2D eigenvalue weighted by Gasteiger charge is -2.31. The van der Waals surface area contributed by atoms with Crippen LogP contribution in [0, 0.1) is 5.92 Å². The van der Waals surface area contributed by atoms with E-state index in [-0.39, 0.29) is 5.97 Å². The molecule has 0 aromatic rings. The van der Waals surface area contributed by atoms with Crippen LogP contribution >= 0.6 is 0 Å². The molecule has 0 saturated carbocycles. The summed E-state index contributed by atoms with van der Waals surface area (Å²) >= 11 is 0. The molecule has 0 aromatic heterocycles. The van der Waals surface area contributed by atoms with E-state index in [2.05, 4.69) is 31.0 Å². The Bertz CT molecular complexity index is 249. The Labute approximate surface area is 117 Å². The smallest absolute Gasteiger partial charge is 0.320 e. The first-order valence-electron chi connectivity index (χ1n) is 7.73. The van der Waals surface area contributed by atoms with Gasteiger partial charge in [-0.3, -0.25) is 9.69 Å². The highest BCUT2D eigenvalue weighted by Gasteiger charge is 2.21. The van der Waals surface area contributed by atoms with Crippen LogP contribution in [0.2, 0.25) is 0 Å². The number of nitrogens with one attached hydrogen (secondary N) is 1. The number of carbonyl (C=O) groups excluding carboxylic acids is 1. The SMILES string of the molecule is CCCCOC(=O)CN1CCC(CNC(C)C)CC1. The minimum absolute atomic E-state index is 0.0628. The van der Waals surface area contributed by atoms with Gasteiger partial charge in [-0.25, -0.2) is 0 Å². The molecular weight excluding hydrogens is 240 g/mol. The molecule has 1 rings (SSSR count). The first-order valence-corrected chi connectivity index (χ1v) is 7.73. The Kier molecular flexibility index (Phi) is 8.07.